The Morgan fingerprint density at radius 1 is 1.11 bits per heavy atom. The van der Waals surface area contributed by atoms with Crippen molar-refractivity contribution in [2.75, 3.05) is 0 Å². The minimum absolute atomic E-state index is 0.264. The molecular weight excluding hydrogens is 432 g/mol. The van der Waals surface area contributed by atoms with Crippen LogP contribution in [0.2, 0.25) is 0 Å². The molecule has 0 saturated carbocycles. The van der Waals surface area contributed by atoms with Crippen LogP contribution in [0.3, 0.4) is 0 Å². The van der Waals surface area contributed by atoms with Crippen LogP contribution in [-0.2, 0) is 0 Å². The van der Waals surface area contributed by atoms with Crippen molar-refractivity contribution in [2.45, 2.75) is 33.2 Å². The molecule has 6 nitrogen and oxygen atoms in total. The fraction of sp³-hybridized carbons (Fsp3) is 0.263. The van der Waals surface area contributed by atoms with Gasteiger partial charge in [0, 0.05) is 5.39 Å². The van der Waals surface area contributed by atoms with E-state index in [0.29, 0.717) is 11.4 Å². The van der Waals surface area contributed by atoms with E-state index >= 15 is 0 Å². The van der Waals surface area contributed by atoms with Gasteiger partial charge in [0.25, 0.3) is 12.3 Å². The summed E-state index contributed by atoms with van der Waals surface area (Å²) in [4.78, 5) is 4.57. The van der Waals surface area contributed by atoms with Crippen LogP contribution in [0.4, 0.5) is 8.78 Å². The molecule has 4 rings (SSSR count). The molecule has 0 N–H and O–H groups in total. The van der Waals surface area contributed by atoms with Crippen LogP contribution in [0.15, 0.2) is 39.2 Å². The second-order valence-corrected chi connectivity index (χ2v) is 7.34. The molecule has 0 aliphatic carbocycles. The van der Waals surface area contributed by atoms with E-state index in [4.69, 9.17) is 4.42 Å². The Labute approximate surface area is 167 Å². The number of halogens is 3. The van der Waals surface area contributed by atoms with Gasteiger partial charge in [-0.1, -0.05) is 17.7 Å². The molecule has 1 atom stereocenters. The van der Waals surface area contributed by atoms with E-state index < -0.39 is 12.5 Å². The molecule has 4 aromatic rings. The number of pyridine rings is 1. The Morgan fingerprint density at radius 3 is 2.61 bits per heavy atom. The minimum atomic E-state index is -2.68. The van der Waals surface area contributed by atoms with Crippen molar-refractivity contribution < 1.29 is 13.2 Å². The molecule has 3 heterocycles. The number of aromatic nitrogens is 5. The lowest BCUT2D eigenvalue weighted by Gasteiger charge is -2.09. The van der Waals surface area contributed by atoms with Gasteiger partial charge in [-0.15, -0.1) is 10.2 Å². The van der Waals surface area contributed by atoms with E-state index in [1.165, 1.54) is 4.68 Å². The number of aryl methyl sites for hydroxylation is 1. The Kier molecular flexibility index (Phi) is 4.70. The van der Waals surface area contributed by atoms with Crippen molar-refractivity contribution in [2.24, 2.45) is 0 Å². The number of fused-ring (bicyclic) bond motifs is 1. The largest absolute Gasteiger partial charge is 0.417 e. The molecule has 0 fully saturated rings. The zero-order chi connectivity index (χ0) is 20.0. The maximum absolute atomic E-state index is 13.1. The third kappa shape index (κ3) is 3.19. The van der Waals surface area contributed by atoms with Crippen LogP contribution in [0.25, 0.3) is 22.5 Å². The fourth-order valence-electron chi connectivity index (χ4n) is 3.01. The van der Waals surface area contributed by atoms with Crippen LogP contribution >= 0.6 is 15.9 Å². The maximum Gasteiger partial charge on any atom is 0.283 e. The van der Waals surface area contributed by atoms with E-state index in [2.05, 4.69) is 36.2 Å². The molecule has 3 aromatic heterocycles. The lowest BCUT2D eigenvalue weighted by Crippen LogP contribution is -2.11. The predicted molar refractivity (Wildman–Crippen MR) is 103 cm³/mol. The first kappa shape index (κ1) is 18.7. The smallest absolute Gasteiger partial charge is 0.283 e. The first-order valence-electron chi connectivity index (χ1n) is 8.59. The van der Waals surface area contributed by atoms with Gasteiger partial charge >= 0.3 is 0 Å². The van der Waals surface area contributed by atoms with Crippen LogP contribution in [0, 0.1) is 13.8 Å². The summed E-state index contributed by atoms with van der Waals surface area (Å²) in [6.07, 6.45) is -2.68. The first-order valence-corrected chi connectivity index (χ1v) is 9.38. The highest BCUT2D eigenvalue weighted by molar-refractivity contribution is 9.10. The highest BCUT2D eigenvalue weighted by Crippen LogP contribution is 2.32. The Hall–Kier alpha value is -2.68. The molecular formula is C19H16BrF2N5O. The molecule has 0 saturated heterocycles. The SMILES string of the molecule is Cc1ccc2nc(-c3nnc(C(C)n4nc(C(F)F)c(Br)c4C)o3)ccc2c1. The van der Waals surface area contributed by atoms with Gasteiger partial charge in [0.05, 0.1) is 15.7 Å². The maximum atomic E-state index is 13.1. The van der Waals surface area contributed by atoms with Gasteiger partial charge in [-0.2, -0.15) is 5.10 Å². The van der Waals surface area contributed by atoms with Crippen LogP contribution < -0.4 is 0 Å². The number of benzene rings is 1. The minimum Gasteiger partial charge on any atom is -0.417 e. The third-order valence-electron chi connectivity index (χ3n) is 4.54. The molecule has 0 amide bonds. The topological polar surface area (TPSA) is 69.6 Å². The van der Waals surface area contributed by atoms with Crippen molar-refractivity contribution in [3.05, 3.63) is 57.6 Å². The second kappa shape index (κ2) is 7.05. The zero-order valence-electron chi connectivity index (χ0n) is 15.3. The van der Waals surface area contributed by atoms with Crippen molar-refractivity contribution in [1.29, 1.82) is 0 Å². The Balaban J connectivity index is 1.68. The highest BCUT2D eigenvalue weighted by Gasteiger charge is 2.25. The molecule has 144 valence electrons. The Bertz CT molecular complexity index is 1170. The normalized spacial score (nSPS) is 12.8. The molecule has 1 unspecified atom stereocenters. The number of nitrogens with zero attached hydrogens (tertiary/aromatic N) is 5. The standard InChI is InChI=1S/C19H16BrF2N5O/c1-9-4-6-13-12(8-9)5-7-14(23-13)19-25-24-18(28-19)11(3)27-10(2)15(20)16(26-27)17(21)22/h4-8,11,17H,1-3H3. The number of alkyl halides is 2. The quantitative estimate of drug-likeness (QED) is 0.418. The monoisotopic (exact) mass is 447 g/mol. The molecule has 0 aliphatic rings. The molecule has 9 heteroatoms. The molecule has 0 aliphatic heterocycles. The summed E-state index contributed by atoms with van der Waals surface area (Å²) < 4.78 is 33.7. The number of hydrogen-bond acceptors (Lipinski definition) is 5. The van der Waals surface area contributed by atoms with Crippen LogP contribution in [0.5, 0.6) is 0 Å². The van der Waals surface area contributed by atoms with Gasteiger partial charge < -0.3 is 4.42 Å². The van der Waals surface area contributed by atoms with Crippen molar-refractivity contribution in [3.8, 4) is 11.6 Å². The van der Waals surface area contributed by atoms with Crippen LogP contribution in [-0.4, -0.2) is 25.0 Å². The van der Waals surface area contributed by atoms with Gasteiger partial charge in [0.15, 0.2) is 0 Å². The van der Waals surface area contributed by atoms with Gasteiger partial charge in [0.2, 0.25) is 5.89 Å². The summed E-state index contributed by atoms with van der Waals surface area (Å²) in [6, 6.07) is 9.22. The van der Waals surface area contributed by atoms with E-state index in [9.17, 15) is 8.78 Å². The molecule has 0 bridgehead atoms. The average Bonchev–Trinajstić information content (AvgIpc) is 3.27. The highest BCUT2D eigenvalue weighted by atomic mass is 79.9. The summed E-state index contributed by atoms with van der Waals surface area (Å²) in [5, 5.41) is 13.2. The lowest BCUT2D eigenvalue weighted by atomic mass is 10.1. The Morgan fingerprint density at radius 2 is 1.89 bits per heavy atom. The lowest BCUT2D eigenvalue weighted by molar-refractivity contribution is 0.144. The summed E-state index contributed by atoms with van der Waals surface area (Å²) in [5.41, 5.74) is 2.77. The second-order valence-electron chi connectivity index (χ2n) is 6.54. The van der Waals surface area contributed by atoms with E-state index in [-0.39, 0.29) is 21.9 Å². The average molecular weight is 448 g/mol. The molecule has 28 heavy (non-hydrogen) atoms. The number of rotatable bonds is 4. The van der Waals surface area contributed by atoms with E-state index in [1.54, 1.807) is 13.8 Å². The van der Waals surface area contributed by atoms with Crippen LogP contribution in [0.1, 0.15) is 42.2 Å². The fourth-order valence-corrected chi connectivity index (χ4v) is 3.45. The van der Waals surface area contributed by atoms with Crippen molar-refractivity contribution >= 4 is 26.8 Å². The first-order chi connectivity index (χ1) is 13.3. The molecule has 0 radical (unpaired) electrons. The van der Waals surface area contributed by atoms with Crippen molar-refractivity contribution in [1.82, 2.24) is 25.0 Å². The number of hydrogen-bond donors (Lipinski definition) is 0. The van der Waals surface area contributed by atoms with E-state index in [0.717, 1.165) is 16.5 Å². The third-order valence-corrected chi connectivity index (χ3v) is 5.52. The van der Waals surface area contributed by atoms with Crippen molar-refractivity contribution in [3.63, 3.8) is 0 Å². The summed E-state index contributed by atoms with van der Waals surface area (Å²) in [6.45, 7) is 5.48. The molecule has 1 aromatic carbocycles. The summed E-state index contributed by atoms with van der Waals surface area (Å²) >= 11 is 3.17. The summed E-state index contributed by atoms with van der Waals surface area (Å²) in [7, 11) is 0. The van der Waals surface area contributed by atoms with Gasteiger partial charge in [-0.3, -0.25) is 4.68 Å². The predicted octanol–water partition coefficient (Wildman–Crippen LogP) is 5.41. The zero-order valence-corrected chi connectivity index (χ0v) is 16.9. The van der Waals surface area contributed by atoms with E-state index in [1.807, 2.05) is 37.3 Å². The van der Waals surface area contributed by atoms with Gasteiger partial charge in [-0.25, -0.2) is 13.8 Å². The van der Waals surface area contributed by atoms with Gasteiger partial charge in [0.1, 0.15) is 17.4 Å². The summed E-state index contributed by atoms with van der Waals surface area (Å²) in [5.74, 6) is 0.530. The van der Waals surface area contributed by atoms with Gasteiger partial charge in [-0.05, 0) is 54.9 Å². The molecule has 0 spiro atoms.